The highest BCUT2D eigenvalue weighted by Crippen LogP contribution is 2.14. The molecule has 0 saturated carbocycles. The summed E-state index contributed by atoms with van der Waals surface area (Å²) >= 11 is 0. The molecule has 0 rings (SSSR count). The second kappa shape index (κ2) is 31.8. The van der Waals surface area contributed by atoms with Crippen molar-refractivity contribution in [1.29, 1.82) is 0 Å². The molecule has 1 atom stereocenters. The van der Waals surface area contributed by atoms with Crippen molar-refractivity contribution in [2.45, 2.75) is 181 Å². The molecule has 0 aromatic rings. The van der Waals surface area contributed by atoms with Crippen molar-refractivity contribution >= 4 is 17.8 Å². The van der Waals surface area contributed by atoms with Crippen molar-refractivity contribution in [3.63, 3.8) is 0 Å². The summed E-state index contributed by atoms with van der Waals surface area (Å²) in [5.74, 6) is -0.447. The van der Waals surface area contributed by atoms with E-state index in [2.05, 4.69) is 19.2 Å². The summed E-state index contributed by atoms with van der Waals surface area (Å²) in [7, 11) is 1.76. The first kappa shape index (κ1) is 41.4. The van der Waals surface area contributed by atoms with Gasteiger partial charge >= 0.3 is 11.9 Å². The molecule has 0 spiro atoms. The van der Waals surface area contributed by atoms with Crippen molar-refractivity contribution in [3.8, 4) is 0 Å². The minimum Gasteiger partial charge on any atom is -0.462 e. The number of esters is 2. The lowest BCUT2D eigenvalue weighted by Crippen LogP contribution is -2.39. The van der Waals surface area contributed by atoms with Crippen LogP contribution in [0.1, 0.15) is 175 Å². The first-order chi connectivity index (χ1) is 20.9. The van der Waals surface area contributed by atoms with Crippen LogP contribution in [-0.2, 0) is 23.9 Å². The molecule has 1 unspecified atom stereocenters. The maximum Gasteiger partial charge on any atom is 0.306 e. The van der Waals surface area contributed by atoms with E-state index in [1.54, 1.807) is 11.9 Å². The normalized spacial score (nSPS) is 11.8. The third kappa shape index (κ3) is 30.2. The fraction of sp³-hybridized carbons (Fsp3) is 0.917. The predicted molar refractivity (Wildman–Crippen MR) is 179 cm³/mol. The Bertz CT molecular complexity index is 658. The van der Waals surface area contributed by atoms with E-state index in [1.807, 2.05) is 0 Å². The van der Waals surface area contributed by atoms with Gasteiger partial charge in [-0.3, -0.25) is 14.4 Å². The van der Waals surface area contributed by atoms with Crippen molar-refractivity contribution < 1.29 is 23.9 Å². The Hall–Kier alpha value is -1.63. The van der Waals surface area contributed by atoms with Gasteiger partial charge in [-0.15, -0.1) is 0 Å². The number of hydrogen-bond acceptors (Lipinski definition) is 6. The molecule has 0 aliphatic rings. The van der Waals surface area contributed by atoms with E-state index >= 15 is 0 Å². The average Bonchev–Trinajstić information content (AvgIpc) is 2.99. The summed E-state index contributed by atoms with van der Waals surface area (Å²) in [5, 5.41) is 3.24. The monoisotopic (exact) mass is 611 g/mol. The molecular weight excluding hydrogens is 540 g/mol. The Morgan fingerprint density at radius 3 is 1.42 bits per heavy atom. The number of carbonyl (C=O) groups is 3. The summed E-state index contributed by atoms with van der Waals surface area (Å²) < 4.78 is 11.2. The molecule has 0 aliphatic heterocycles. The van der Waals surface area contributed by atoms with E-state index in [1.165, 1.54) is 116 Å². The molecule has 0 saturated heterocycles. The first-order valence-corrected chi connectivity index (χ1v) is 18.2. The molecule has 0 heterocycles. The van der Waals surface area contributed by atoms with Crippen LogP contribution in [0.2, 0.25) is 0 Å². The van der Waals surface area contributed by atoms with Crippen LogP contribution in [0.4, 0.5) is 0 Å². The minimum atomic E-state index is -0.524. The highest BCUT2D eigenvalue weighted by atomic mass is 16.6. The molecule has 7 nitrogen and oxygen atoms in total. The van der Waals surface area contributed by atoms with E-state index in [0.717, 1.165) is 32.1 Å². The summed E-state index contributed by atoms with van der Waals surface area (Å²) in [5.41, 5.74) is 0. The van der Waals surface area contributed by atoms with Crippen molar-refractivity contribution in [2.24, 2.45) is 0 Å². The summed E-state index contributed by atoms with van der Waals surface area (Å²) in [4.78, 5) is 37.9. The fourth-order valence-electron chi connectivity index (χ4n) is 5.17. The van der Waals surface area contributed by atoms with Gasteiger partial charge in [0, 0.05) is 46.4 Å². The van der Waals surface area contributed by atoms with E-state index in [9.17, 15) is 14.4 Å². The maximum absolute atomic E-state index is 12.5. The van der Waals surface area contributed by atoms with Crippen LogP contribution in [0.3, 0.4) is 0 Å². The zero-order valence-electron chi connectivity index (χ0n) is 28.9. The second-order valence-corrected chi connectivity index (χ2v) is 12.5. The predicted octanol–water partition coefficient (Wildman–Crippen LogP) is 8.91. The number of rotatable bonds is 32. The minimum absolute atomic E-state index is 0.00749. The number of likely N-dealkylation sites (N-methyl/N-ethyl adjacent to an activating group) is 1. The van der Waals surface area contributed by atoms with E-state index in [4.69, 9.17) is 9.47 Å². The molecule has 0 aromatic carbocycles. The standard InChI is InChI=1S/C36H70N2O5/c1-5-7-9-11-13-15-17-19-21-23-25-27-35(40)42-32-34(31-37-29-30-38(4)33(3)39)43-36(41)28-26-24-22-20-18-16-14-12-10-8-6-2/h34,37H,5-32H2,1-4H3. The van der Waals surface area contributed by atoms with Gasteiger partial charge in [0.15, 0.2) is 0 Å². The quantitative estimate of drug-likeness (QED) is 0.0605. The van der Waals surface area contributed by atoms with Crippen molar-refractivity contribution in [1.82, 2.24) is 10.2 Å². The zero-order chi connectivity index (χ0) is 31.8. The van der Waals surface area contributed by atoms with Crippen LogP contribution in [0.15, 0.2) is 0 Å². The van der Waals surface area contributed by atoms with Gasteiger partial charge in [-0.1, -0.05) is 142 Å². The SMILES string of the molecule is CCCCCCCCCCCCCC(=O)OCC(CNCCN(C)C(C)=O)OC(=O)CCCCCCCCCCCCC. The highest BCUT2D eigenvalue weighted by molar-refractivity contribution is 5.72. The molecule has 1 N–H and O–H groups in total. The number of ether oxygens (including phenoxy) is 2. The second-order valence-electron chi connectivity index (χ2n) is 12.5. The number of carbonyl (C=O) groups excluding carboxylic acids is 3. The van der Waals surface area contributed by atoms with Gasteiger partial charge in [0.05, 0.1) is 0 Å². The van der Waals surface area contributed by atoms with Gasteiger partial charge in [0.1, 0.15) is 12.7 Å². The van der Waals surface area contributed by atoms with Crippen LogP contribution >= 0.6 is 0 Å². The molecule has 0 radical (unpaired) electrons. The van der Waals surface area contributed by atoms with Gasteiger partial charge in [-0.05, 0) is 12.8 Å². The molecule has 0 bridgehead atoms. The number of hydrogen-bond donors (Lipinski definition) is 1. The van der Waals surface area contributed by atoms with Crippen LogP contribution in [0.5, 0.6) is 0 Å². The van der Waals surface area contributed by atoms with E-state index in [0.29, 0.717) is 32.5 Å². The maximum atomic E-state index is 12.5. The Kier molecular flexibility index (Phi) is 30.6. The van der Waals surface area contributed by atoms with Crippen LogP contribution in [0.25, 0.3) is 0 Å². The van der Waals surface area contributed by atoms with Crippen LogP contribution in [0, 0.1) is 0 Å². The third-order valence-corrected chi connectivity index (χ3v) is 8.23. The molecule has 0 fully saturated rings. The van der Waals surface area contributed by atoms with Crippen molar-refractivity contribution in [2.75, 3.05) is 33.3 Å². The molecule has 7 heteroatoms. The first-order valence-electron chi connectivity index (χ1n) is 18.2. The molecule has 0 aromatic heterocycles. The Labute approximate surface area is 266 Å². The number of unbranched alkanes of at least 4 members (excludes halogenated alkanes) is 20. The van der Waals surface area contributed by atoms with Crippen molar-refractivity contribution in [3.05, 3.63) is 0 Å². The molecule has 1 amide bonds. The molecule has 254 valence electrons. The van der Waals surface area contributed by atoms with Gasteiger partial charge in [-0.25, -0.2) is 0 Å². The van der Waals surface area contributed by atoms with E-state index < -0.39 is 6.10 Å². The lowest BCUT2D eigenvalue weighted by molar-refractivity contribution is -0.159. The number of nitrogens with zero attached hydrogens (tertiary/aromatic N) is 1. The van der Waals surface area contributed by atoms with Crippen LogP contribution in [-0.4, -0.2) is 62.1 Å². The van der Waals surface area contributed by atoms with Gasteiger partial charge < -0.3 is 19.7 Å². The van der Waals surface area contributed by atoms with Crippen LogP contribution < -0.4 is 5.32 Å². The lowest BCUT2D eigenvalue weighted by Gasteiger charge is -2.20. The highest BCUT2D eigenvalue weighted by Gasteiger charge is 2.17. The van der Waals surface area contributed by atoms with Gasteiger partial charge in [-0.2, -0.15) is 0 Å². The van der Waals surface area contributed by atoms with Gasteiger partial charge in [0.25, 0.3) is 0 Å². The average molecular weight is 611 g/mol. The Balaban J connectivity index is 4.17. The molecule has 0 aliphatic carbocycles. The van der Waals surface area contributed by atoms with Gasteiger partial charge in [0.2, 0.25) is 5.91 Å². The van der Waals surface area contributed by atoms with E-state index in [-0.39, 0.29) is 24.5 Å². The summed E-state index contributed by atoms with van der Waals surface area (Å²) in [6.45, 7) is 7.63. The topological polar surface area (TPSA) is 84.9 Å². The molecular formula is C36H70N2O5. The Morgan fingerprint density at radius 1 is 0.605 bits per heavy atom. The number of nitrogens with one attached hydrogen (secondary N) is 1. The number of amides is 1. The third-order valence-electron chi connectivity index (χ3n) is 8.23. The largest absolute Gasteiger partial charge is 0.462 e. The summed E-state index contributed by atoms with van der Waals surface area (Å²) in [6.07, 6.45) is 27.5. The zero-order valence-corrected chi connectivity index (χ0v) is 28.9. The molecule has 43 heavy (non-hydrogen) atoms. The Morgan fingerprint density at radius 2 is 1.00 bits per heavy atom. The fourth-order valence-corrected chi connectivity index (χ4v) is 5.17. The lowest BCUT2D eigenvalue weighted by atomic mass is 10.1. The summed E-state index contributed by atoms with van der Waals surface area (Å²) in [6, 6.07) is 0. The smallest absolute Gasteiger partial charge is 0.306 e.